The van der Waals surface area contributed by atoms with Crippen LogP contribution in [0.1, 0.15) is 21.9 Å². The molecule has 0 radical (unpaired) electrons. The fourth-order valence-corrected chi connectivity index (χ4v) is 8.13. The summed E-state index contributed by atoms with van der Waals surface area (Å²) in [6.07, 6.45) is 0. The van der Waals surface area contributed by atoms with Gasteiger partial charge >= 0.3 is 5.97 Å². The molecular weight excluding hydrogens is 462 g/mol. The Balaban J connectivity index is 0.00000181. The Hall–Kier alpha value is -2.65. The van der Waals surface area contributed by atoms with Crippen molar-refractivity contribution in [3.8, 4) is 0 Å². The first kappa shape index (κ1) is 25.6. The van der Waals surface area contributed by atoms with Crippen molar-refractivity contribution in [1.29, 1.82) is 0 Å². The third-order valence-corrected chi connectivity index (χ3v) is 9.55. The number of imidazole rings is 1. The predicted molar refractivity (Wildman–Crippen MR) is 131 cm³/mol. The molecule has 32 heavy (non-hydrogen) atoms. The van der Waals surface area contributed by atoms with Gasteiger partial charge < -0.3 is 22.1 Å². The van der Waals surface area contributed by atoms with E-state index in [4.69, 9.17) is 9.72 Å². The van der Waals surface area contributed by atoms with E-state index in [0.717, 1.165) is 11.1 Å². The molecule has 0 fully saturated rings. The van der Waals surface area contributed by atoms with Crippen molar-refractivity contribution in [3.05, 3.63) is 102 Å². The molecule has 0 aliphatic rings. The van der Waals surface area contributed by atoms with E-state index in [-0.39, 0.29) is 30.6 Å². The zero-order valence-corrected chi connectivity index (χ0v) is 20.5. The summed E-state index contributed by atoms with van der Waals surface area (Å²) in [4.78, 5) is 20.2. The van der Waals surface area contributed by atoms with Crippen LogP contribution in [-0.2, 0) is 4.74 Å². The maximum atomic E-state index is 12.3. The molecule has 166 valence electrons. The zero-order chi connectivity index (χ0) is 21.1. The quantitative estimate of drug-likeness (QED) is 0.336. The van der Waals surface area contributed by atoms with Crippen molar-refractivity contribution in [2.24, 2.45) is 0 Å². The summed E-state index contributed by atoms with van der Waals surface area (Å²) < 4.78 is 4.93. The summed E-state index contributed by atoms with van der Waals surface area (Å²) in [5, 5.41) is 3.56. The molecule has 0 amide bonds. The fraction of sp³-hybridized carbons (Fsp3) is 0.120. The minimum atomic E-state index is -2.34. The van der Waals surface area contributed by atoms with Crippen molar-refractivity contribution in [2.75, 3.05) is 7.11 Å². The van der Waals surface area contributed by atoms with Gasteiger partial charge in [-0.1, -0.05) is 54.1 Å². The van der Waals surface area contributed by atoms with E-state index in [9.17, 15) is 4.79 Å². The standard InChI is InChI=1S/C25H23N2O2P.2ClH/c1-18-14-16-22(17-15-18)30(20-10-6-4-7-11-20,21-12-8-5-9-13-21)24-19(2)26-23(27-24)25(28)29-3;;/h4-17H,1-3H3;2*1H. The lowest BCUT2D eigenvalue weighted by atomic mass is 10.2. The van der Waals surface area contributed by atoms with Gasteiger partial charge in [0.05, 0.1) is 12.8 Å². The first-order valence-electron chi connectivity index (χ1n) is 9.80. The van der Waals surface area contributed by atoms with Crippen LogP contribution < -0.4 is 33.8 Å². The Kier molecular flexibility index (Phi) is 8.63. The molecule has 1 aromatic heterocycles. The van der Waals surface area contributed by atoms with Gasteiger partial charge in [-0.25, -0.2) is 4.79 Å². The number of hydrogen-bond acceptors (Lipinski definition) is 3. The Morgan fingerprint density at radius 2 is 1.28 bits per heavy atom. The van der Waals surface area contributed by atoms with Gasteiger partial charge in [-0.05, 0) is 50.2 Å². The zero-order valence-electron chi connectivity index (χ0n) is 18.1. The number of nitrogens with zero attached hydrogens (tertiary/aromatic N) is 1. The number of ether oxygens (including phenoxy) is 1. The van der Waals surface area contributed by atoms with E-state index in [1.165, 1.54) is 28.6 Å². The number of carbonyl (C=O) groups excluding carboxylic acids is 1. The Morgan fingerprint density at radius 3 is 1.75 bits per heavy atom. The normalized spacial score (nSPS) is 10.6. The second-order valence-electron chi connectivity index (χ2n) is 7.20. The predicted octanol–water partition coefficient (Wildman–Crippen LogP) is 0.858. The number of aromatic amines is 1. The van der Waals surface area contributed by atoms with Crippen LogP contribution in [0.3, 0.4) is 0 Å². The fourth-order valence-electron chi connectivity index (χ4n) is 3.86. The number of aromatic nitrogens is 2. The molecule has 1 heterocycles. The van der Waals surface area contributed by atoms with Gasteiger partial charge in [0.15, 0.2) is 7.26 Å². The van der Waals surface area contributed by atoms with E-state index in [1.807, 2.05) is 19.1 Å². The highest BCUT2D eigenvalue weighted by Crippen LogP contribution is 2.54. The van der Waals surface area contributed by atoms with Crippen LogP contribution in [0.25, 0.3) is 0 Å². The van der Waals surface area contributed by atoms with Crippen molar-refractivity contribution in [1.82, 2.24) is 9.97 Å². The molecule has 0 saturated heterocycles. The Morgan fingerprint density at radius 1 is 0.812 bits per heavy atom. The molecule has 4 nitrogen and oxygen atoms in total. The number of esters is 1. The van der Waals surface area contributed by atoms with Crippen LogP contribution in [0.4, 0.5) is 0 Å². The van der Waals surface area contributed by atoms with Gasteiger partial charge in [-0.15, -0.1) is 12.4 Å². The van der Waals surface area contributed by atoms with E-state index in [2.05, 4.69) is 84.7 Å². The smallest absolute Gasteiger partial charge is 0.374 e. The van der Waals surface area contributed by atoms with E-state index in [1.54, 1.807) is 0 Å². The molecule has 4 aromatic rings. The second-order valence-corrected chi connectivity index (χ2v) is 10.5. The lowest BCUT2D eigenvalue weighted by molar-refractivity contribution is -0.0000206. The highest BCUT2D eigenvalue weighted by Gasteiger charge is 2.51. The maximum Gasteiger partial charge on any atom is 0.374 e. The van der Waals surface area contributed by atoms with Crippen molar-refractivity contribution in [2.45, 2.75) is 13.8 Å². The topological polar surface area (TPSA) is 55.0 Å². The van der Waals surface area contributed by atoms with Gasteiger partial charge in [0.2, 0.25) is 11.3 Å². The number of aryl methyl sites for hydroxylation is 2. The number of rotatable bonds is 5. The summed E-state index contributed by atoms with van der Waals surface area (Å²) in [6.45, 7) is 4.06. The van der Waals surface area contributed by atoms with Gasteiger partial charge in [0.1, 0.15) is 15.9 Å². The summed E-state index contributed by atoms with van der Waals surface area (Å²) in [7, 11) is -0.971. The molecule has 1 N–H and O–H groups in total. The molecule has 0 saturated carbocycles. The monoisotopic (exact) mass is 486 g/mol. The summed E-state index contributed by atoms with van der Waals surface area (Å²) in [5.41, 5.74) is 2.97. The van der Waals surface area contributed by atoms with Crippen LogP contribution >= 0.6 is 19.7 Å². The summed E-state index contributed by atoms with van der Waals surface area (Å²) in [6, 6.07) is 29.6. The number of nitrogens with one attached hydrogen (secondary N) is 1. The molecule has 0 unspecified atom stereocenters. The molecule has 0 spiro atoms. The van der Waals surface area contributed by atoms with Crippen molar-refractivity contribution in [3.63, 3.8) is 0 Å². The van der Waals surface area contributed by atoms with E-state index >= 15 is 0 Å². The van der Waals surface area contributed by atoms with Gasteiger partial charge in [0.25, 0.3) is 0 Å². The first-order valence-corrected chi connectivity index (χ1v) is 11.6. The first-order chi connectivity index (χ1) is 14.6. The Bertz CT molecular complexity index is 1120. The molecule has 3 aromatic carbocycles. The molecule has 7 heteroatoms. The van der Waals surface area contributed by atoms with Crippen LogP contribution in [0, 0.1) is 13.8 Å². The minimum Gasteiger partial charge on any atom is -1.00 e. The van der Waals surface area contributed by atoms with Gasteiger partial charge in [-0.2, -0.15) is 4.98 Å². The minimum absolute atomic E-state index is 0. The summed E-state index contributed by atoms with van der Waals surface area (Å²) >= 11 is 0. The number of benzene rings is 3. The van der Waals surface area contributed by atoms with Gasteiger partial charge in [-0.3, -0.25) is 0 Å². The third kappa shape index (κ3) is 4.45. The number of hydrogen-bond donors (Lipinski definition) is 1. The van der Waals surface area contributed by atoms with E-state index in [0.29, 0.717) is 0 Å². The van der Waals surface area contributed by atoms with Gasteiger partial charge in [0, 0.05) is 0 Å². The SMILES string of the molecule is COC(=O)c1nc([P+](c2ccccc2)(c2ccccc2)c2ccc(C)cc2)c(C)[nH]1.Cl.[Cl-]. The largest absolute Gasteiger partial charge is 1.00 e. The molecule has 0 atom stereocenters. The van der Waals surface area contributed by atoms with Crippen LogP contribution in [0.15, 0.2) is 84.9 Å². The summed E-state index contributed by atoms with van der Waals surface area (Å²) in [5.74, 6) is -0.235. The number of carbonyl (C=O) groups is 1. The second kappa shape index (κ2) is 10.8. The van der Waals surface area contributed by atoms with Crippen LogP contribution in [0.5, 0.6) is 0 Å². The molecule has 0 aliphatic heterocycles. The highest BCUT2D eigenvalue weighted by atomic mass is 35.5. The van der Waals surface area contributed by atoms with Crippen LogP contribution in [-0.4, -0.2) is 23.0 Å². The lowest BCUT2D eigenvalue weighted by Crippen LogP contribution is -3.00. The number of methoxy groups -OCH3 is 1. The average molecular weight is 487 g/mol. The molecule has 4 rings (SSSR count). The lowest BCUT2D eigenvalue weighted by Gasteiger charge is -2.26. The number of halogens is 2. The Labute approximate surface area is 201 Å². The molecule has 0 bridgehead atoms. The average Bonchev–Trinajstić information content (AvgIpc) is 3.18. The maximum absolute atomic E-state index is 12.3. The van der Waals surface area contributed by atoms with Crippen molar-refractivity contribution >= 4 is 47.0 Å². The van der Waals surface area contributed by atoms with Crippen molar-refractivity contribution < 1.29 is 21.9 Å². The number of H-pyrrole nitrogens is 1. The van der Waals surface area contributed by atoms with Crippen LogP contribution in [0.2, 0.25) is 0 Å². The molecular formula is C25H25Cl2N2O2P. The van der Waals surface area contributed by atoms with E-state index < -0.39 is 13.2 Å². The third-order valence-electron chi connectivity index (χ3n) is 5.26. The molecule has 0 aliphatic carbocycles. The highest BCUT2D eigenvalue weighted by molar-refractivity contribution is 8.01.